The van der Waals surface area contributed by atoms with Crippen molar-refractivity contribution in [2.45, 2.75) is 30.7 Å². The minimum Gasteiger partial charge on any atom is -0.331 e. The third kappa shape index (κ3) is 6.36. The van der Waals surface area contributed by atoms with E-state index in [1.165, 1.54) is 77.2 Å². The minimum absolute atomic E-state index is 0.497. The lowest BCUT2D eigenvalue weighted by atomic mass is 9.70. The zero-order chi connectivity index (χ0) is 51.5. The largest absolute Gasteiger partial charge is 0.331 e. The van der Waals surface area contributed by atoms with Gasteiger partial charge in [0, 0.05) is 44.7 Å². The van der Waals surface area contributed by atoms with E-state index in [9.17, 15) is 0 Å². The number of benzene rings is 10. The van der Waals surface area contributed by atoms with Gasteiger partial charge < -0.3 is 9.47 Å². The van der Waals surface area contributed by atoms with Crippen LogP contribution in [0.15, 0.2) is 265 Å². The summed E-state index contributed by atoms with van der Waals surface area (Å²) in [4.78, 5) is 13.7. The van der Waals surface area contributed by atoms with E-state index in [0.29, 0.717) is 18.8 Å². The molecule has 0 saturated heterocycles. The van der Waals surface area contributed by atoms with Gasteiger partial charge in [-0.15, -0.1) is 0 Å². The van der Waals surface area contributed by atoms with Gasteiger partial charge >= 0.3 is 0 Å². The summed E-state index contributed by atoms with van der Waals surface area (Å²) in [6.07, 6.45) is 8.60. The number of aromatic nitrogens is 2. The summed E-state index contributed by atoms with van der Waals surface area (Å²) in [6, 6.07) is 91.2. The summed E-state index contributed by atoms with van der Waals surface area (Å²) in [5.74, 6) is 0.657. The van der Waals surface area contributed by atoms with Gasteiger partial charge in [0.1, 0.15) is 0 Å². The van der Waals surface area contributed by atoms with Crippen LogP contribution in [0.2, 0.25) is 0 Å². The van der Waals surface area contributed by atoms with Crippen molar-refractivity contribution in [3.63, 3.8) is 0 Å². The first-order chi connectivity index (χ1) is 38.6. The van der Waals surface area contributed by atoms with Crippen molar-refractivity contribution in [1.29, 1.82) is 0 Å². The van der Waals surface area contributed by atoms with E-state index in [-0.39, 0.29) is 0 Å². The molecule has 2 aromatic heterocycles. The fourth-order valence-corrected chi connectivity index (χ4v) is 13.9. The minimum atomic E-state index is -0.586. The van der Waals surface area contributed by atoms with Crippen molar-refractivity contribution >= 4 is 73.6 Å². The number of aliphatic imine (C=N–C) groups is 2. The maximum absolute atomic E-state index is 5.53. The van der Waals surface area contributed by atoms with Crippen molar-refractivity contribution in [2.24, 2.45) is 9.98 Å². The molecule has 0 N–H and O–H groups in total. The molecule has 1 spiro atoms. The Balaban J connectivity index is 0.968. The number of para-hydroxylation sites is 3. The molecule has 10 aromatic carbocycles. The Bertz CT molecular complexity index is 4640. The highest BCUT2D eigenvalue weighted by Gasteiger charge is 2.53. The van der Waals surface area contributed by atoms with E-state index in [1.807, 2.05) is 0 Å². The fourth-order valence-electron chi connectivity index (χ4n) is 13.9. The summed E-state index contributed by atoms with van der Waals surface area (Å²) in [7, 11) is 0. The van der Waals surface area contributed by atoms with Crippen LogP contribution in [0.4, 0.5) is 11.4 Å². The molecule has 0 fully saturated rings. The summed E-state index contributed by atoms with van der Waals surface area (Å²) in [5, 5.41) is 5.86. The Labute approximate surface area is 452 Å². The van der Waals surface area contributed by atoms with Gasteiger partial charge in [-0.2, -0.15) is 0 Å². The van der Waals surface area contributed by atoms with Crippen molar-refractivity contribution in [3.05, 3.63) is 299 Å². The molecular formula is C73H51N5. The smallest absolute Gasteiger partial charge is 0.235 e. The van der Waals surface area contributed by atoms with Gasteiger partial charge in [0.15, 0.2) is 0 Å². The highest BCUT2D eigenvalue weighted by molar-refractivity contribution is 6.13. The second-order valence-corrected chi connectivity index (χ2v) is 21.4. The molecule has 1 unspecified atom stereocenters. The van der Waals surface area contributed by atoms with Gasteiger partial charge in [0.2, 0.25) is 5.96 Å². The summed E-state index contributed by atoms with van der Waals surface area (Å²) in [6.45, 7) is 2.44. The molecule has 0 saturated carbocycles. The molecule has 3 aliphatic carbocycles. The molecule has 1 atom stereocenters. The first-order valence-electron chi connectivity index (χ1n) is 27.2. The number of nitrogens with zero attached hydrogens (tertiary/aromatic N) is 5. The van der Waals surface area contributed by atoms with Gasteiger partial charge in [-0.05, 0) is 118 Å². The molecule has 78 heavy (non-hydrogen) atoms. The van der Waals surface area contributed by atoms with E-state index < -0.39 is 11.0 Å². The van der Waals surface area contributed by atoms with Crippen LogP contribution in [0.3, 0.4) is 0 Å². The van der Waals surface area contributed by atoms with E-state index in [0.717, 1.165) is 50.2 Å². The Morgan fingerprint density at radius 3 is 1.73 bits per heavy atom. The van der Waals surface area contributed by atoms with Crippen LogP contribution in [0.1, 0.15) is 53.1 Å². The standard InChI is InChI=1S/C73H51N5/c1-72(45-44-68-58(47-72)55-31-15-20-38-66(55)77(68)71-74-63(48-22-5-2-6-23-48)41-42-64(75-71)49-24-7-3-8-25-49)78(51-40-43-67-57(46-51)54-30-14-19-37-65(54)76(67)50-26-9-4-10-27-50)69-39-21-36-62-70(69)56-32-13-18-35-61(56)73(62)59-33-16-11-28-52(59)53-29-12-17-34-60(53)73/h2-41,43-44,46-47H,42,45H2,1H3. The molecule has 1 aliphatic heterocycles. The fraction of sp³-hybridized carbons (Fsp3) is 0.0685. The van der Waals surface area contributed by atoms with E-state index >= 15 is 0 Å². The Morgan fingerprint density at radius 2 is 1.01 bits per heavy atom. The maximum atomic E-state index is 5.53. The number of hydrogen-bond acceptors (Lipinski definition) is 3. The Hall–Kier alpha value is -9.84. The average Bonchev–Trinajstić information content (AvgIpc) is 4.35. The number of anilines is 2. The van der Waals surface area contributed by atoms with Gasteiger partial charge in [0.25, 0.3) is 0 Å². The third-order valence-corrected chi connectivity index (χ3v) is 17.1. The van der Waals surface area contributed by atoms with Crippen LogP contribution < -0.4 is 15.5 Å². The molecule has 12 aromatic rings. The van der Waals surface area contributed by atoms with Gasteiger partial charge in [-0.25, -0.2) is 9.98 Å². The number of allylic oxidation sites excluding steroid dienone is 1. The molecule has 4 aliphatic rings. The molecule has 368 valence electrons. The van der Waals surface area contributed by atoms with Crippen LogP contribution in [0.25, 0.3) is 78.5 Å². The second kappa shape index (κ2) is 17.1. The quantitative estimate of drug-likeness (QED) is 0.164. The first kappa shape index (κ1) is 44.5. The Morgan fingerprint density at radius 1 is 0.449 bits per heavy atom. The molecular weight excluding hydrogens is 947 g/mol. The van der Waals surface area contributed by atoms with Gasteiger partial charge in [-0.1, -0.05) is 212 Å². The van der Waals surface area contributed by atoms with Crippen LogP contribution in [-0.2, 0) is 5.41 Å². The van der Waals surface area contributed by atoms with Crippen LogP contribution in [0.5, 0.6) is 0 Å². The number of rotatable bonds is 6. The lowest BCUT2D eigenvalue weighted by Crippen LogP contribution is -2.48. The third-order valence-electron chi connectivity index (χ3n) is 17.1. The first-order valence-corrected chi connectivity index (χ1v) is 27.2. The number of fused-ring (bicyclic) bond motifs is 16. The molecule has 16 rings (SSSR count). The highest BCUT2D eigenvalue weighted by atomic mass is 15.2. The van der Waals surface area contributed by atoms with Crippen molar-refractivity contribution in [2.75, 3.05) is 4.90 Å². The normalized spacial score (nSPS) is 16.5. The summed E-state index contributed by atoms with van der Waals surface area (Å²) < 4.78 is 4.73. The van der Waals surface area contributed by atoms with Crippen LogP contribution in [-0.4, -0.2) is 26.3 Å². The van der Waals surface area contributed by atoms with E-state index in [2.05, 4.69) is 288 Å². The topological polar surface area (TPSA) is 37.8 Å². The predicted octanol–water partition coefficient (Wildman–Crippen LogP) is 15.8. The van der Waals surface area contributed by atoms with Gasteiger partial charge in [0.05, 0.1) is 49.9 Å². The van der Waals surface area contributed by atoms with Crippen LogP contribution in [0, 0.1) is 0 Å². The van der Waals surface area contributed by atoms with Crippen LogP contribution >= 0.6 is 0 Å². The lowest BCUT2D eigenvalue weighted by Gasteiger charge is -2.43. The predicted molar refractivity (Wildman–Crippen MR) is 324 cm³/mol. The SMILES string of the molecule is CC1(N(c2ccc3c(c2)c2ccccc2n3-c2ccccc2)c2cccc3c2-c2ccccc2C32c3ccccc3-c3ccccc32)C=c2c(n(C3=NC(c4ccccc4)=CCC(c4ccccc4)=N3)c3ccccc23)=CC1. The monoisotopic (exact) mass is 997 g/mol. The van der Waals surface area contributed by atoms with E-state index in [1.54, 1.807) is 0 Å². The lowest BCUT2D eigenvalue weighted by molar-refractivity contribution is 0.615. The molecule has 0 radical (unpaired) electrons. The molecule has 0 bridgehead atoms. The van der Waals surface area contributed by atoms with E-state index in [4.69, 9.17) is 9.98 Å². The summed E-state index contributed by atoms with van der Waals surface area (Å²) in [5.41, 5.74) is 20.3. The second-order valence-electron chi connectivity index (χ2n) is 21.4. The molecule has 0 amide bonds. The van der Waals surface area contributed by atoms with Crippen molar-refractivity contribution in [1.82, 2.24) is 9.13 Å². The zero-order valence-corrected chi connectivity index (χ0v) is 43.1. The molecule has 5 heteroatoms. The maximum Gasteiger partial charge on any atom is 0.235 e. The van der Waals surface area contributed by atoms with Gasteiger partial charge in [-0.3, -0.25) is 4.57 Å². The zero-order valence-electron chi connectivity index (χ0n) is 43.1. The molecule has 5 nitrogen and oxygen atoms in total. The van der Waals surface area contributed by atoms with Crippen molar-refractivity contribution in [3.8, 4) is 27.9 Å². The Kier molecular flexibility index (Phi) is 9.74. The number of hydrogen-bond donors (Lipinski definition) is 0. The average molecular weight is 998 g/mol. The highest BCUT2D eigenvalue weighted by Crippen LogP contribution is 2.64. The summed E-state index contributed by atoms with van der Waals surface area (Å²) >= 11 is 0. The molecule has 3 heterocycles. The van der Waals surface area contributed by atoms with Crippen molar-refractivity contribution < 1.29 is 0 Å².